The molecule has 2 rings (SSSR count). The van der Waals surface area contributed by atoms with Crippen molar-refractivity contribution < 1.29 is 9.53 Å². The summed E-state index contributed by atoms with van der Waals surface area (Å²) >= 11 is 9.36. The van der Waals surface area contributed by atoms with Gasteiger partial charge in [0.05, 0.1) is 22.9 Å². The van der Waals surface area contributed by atoms with Gasteiger partial charge >= 0.3 is 6.03 Å². The molecule has 0 aromatic heterocycles. The number of anilines is 1. The smallest absolute Gasteiger partial charge is 0.319 e. The third kappa shape index (κ3) is 4.09. The molecule has 1 saturated heterocycles. The summed E-state index contributed by atoms with van der Waals surface area (Å²) in [6, 6.07) is 5.03. The average molecular weight is 348 g/mol. The maximum absolute atomic E-state index is 11.9. The molecule has 0 aliphatic carbocycles. The minimum absolute atomic E-state index is 0.0169. The van der Waals surface area contributed by atoms with E-state index in [2.05, 4.69) is 26.6 Å². The summed E-state index contributed by atoms with van der Waals surface area (Å²) in [4.78, 5) is 11.9. The summed E-state index contributed by atoms with van der Waals surface area (Å²) < 4.78 is 6.40. The molecule has 104 valence electrons. The van der Waals surface area contributed by atoms with Crippen molar-refractivity contribution in [3.05, 3.63) is 27.7 Å². The number of ether oxygens (including phenoxy) is 1. The second kappa shape index (κ2) is 6.59. The van der Waals surface area contributed by atoms with Crippen molar-refractivity contribution in [3.63, 3.8) is 0 Å². The van der Waals surface area contributed by atoms with Crippen LogP contribution in [-0.2, 0) is 4.74 Å². The summed E-state index contributed by atoms with van der Waals surface area (Å²) in [5.41, 5.74) is 0.585. The Labute approximate surface area is 126 Å². The van der Waals surface area contributed by atoms with Crippen molar-refractivity contribution in [3.8, 4) is 0 Å². The van der Waals surface area contributed by atoms with E-state index in [1.165, 1.54) is 0 Å². The van der Waals surface area contributed by atoms with Crippen LogP contribution in [0.4, 0.5) is 10.5 Å². The Morgan fingerprint density at radius 2 is 2.37 bits per heavy atom. The minimum Gasteiger partial charge on any atom is -0.376 e. The van der Waals surface area contributed by atoms with E-state index >= 15 is 0 Å². The van der Waals surface area contributed by atoms with E-state index in [1.807, 2.05) is 13.0 Å². The molecule has 1 aromatic carbocycles. The largest absolute Gasteiger partial charge is 0.376 e. The normalized spacial score (nSPS) is 20.1. The van der Waals surface area contributed by atoms with Gasteiger partial charge < -0.3 is 15.4 Å². The summed E-state index contributed by atoms with van der Waals surface area (Å²) in [5, 5.41) is 6.09. The van der Waals surface area contributed by atoms with E-state index < -0.39 is 0 Å². The minimum atomic E-state index is -0.271. The number of carbonyl (C=O) groups is 1. The Morgan fingerprint density at radius 1 is 1.58 bits per heavy atom. The van der Waals surface area contributed by atoms with Gasteiger partial charge in [0.2, 0.25) is 0 Å². The number of rotatable bonds is 3. The fourth-order valence-electron chi connectivity index (χ4n) is 2.05. The predicted octanol–water partition coefficient (Wildman–Crippen LogP) is 3.79. The van der Waals surface area contributed by atoms with Crippen LogP contribution in [0.5, 0.6) is 0 Å². The fraction of sp³-hybridized carbons (Fsp3) is 0.462. The molecule has 0 bridgehead atoms. The number of hydrogen-bond acceptors (Lipinski definition) is 2. The molecular formula is C13H16BrClN2O2. The lowest BCUT2D eigenvalue weighted by Crippen LogP contribution is -2.43. The van der Waals surface area contributed by atoms with Gasteiger partial charge in [0.25, 0.3) is 0 Å². The molecule has 1 heterocycles. The molecule has 6 heteroatoms. The number of carbonyl (C=O) groups excluding carboxylic acids is 1. The summed E-state index contributed by atoms with van der Waals surface area (Å²) in [6.45, 7) is 2.72. The molecule has 19 heavy (non-hydrogen) atoms. The number of benzene rings is 1. The molecular weight excluding hydrogens is 332 g/mol. The topological polar surface area (TPSA) is 50.4 Å². The quantitative estimate of drug-likeness (QED) is 0.874. The van der Waals surface area contributed by atoms with Crippen LogP contribution in [0.3, 0.4) is 0 Å². The average Bonchev–Trinajstić information content (AvgIpc) is 2.86. The molecule has 1 aliphatic rings. The first-order chi connectivity index (χ1) is 9.06. The SMILES string of the molecule is C[C@H](NC(=O)Nc1ccc(Br)cc1Cl)[C@@H]1CCCO1. The maximum atomic E-state index is 11.9. The number of hydrogen-bond donors (Lipinski definition) is 2. The first kappa shape index (κ1) is 14.6. The Balaban J connectivity index is 1.89. The molecule has 2 amide bonds. The maximum Gasteiger partial charge on any atom is 0.319 e. The number of nitrogens with one attached hydrogen (secondary N) is 2. The van der Waals surface area contributed by atoms with Gasteiger partial charge in [0, 0.05) is 11.1 Å². The molecule has 2 atom stereocenters. The standard InChI is InChI=1S/C13H16BrClN2O2/c1-8(12-3-2-6-19-12)16-13(18)17-11-5-4-9(14)7-10(11)15/h4-5,7-8,12H,2-3,6H2,1H3,(H2,16,17,18)/t8-,12-/m0/s1. The predicted molar refractivity (Wildman–Crippen MR) is 79.7 cm³/mol. The van der Waals surface area contributed by atoms with Crippen molar-refractivity contribution in [2.45, 2.75) is 31.9 Å². The summed E-state index contributed by atoms with van der Waals surface area (Å²) in [7, 11) is 0. The highest BCUT2D eigenvalue weighted by molar-refractivity contribution is 9.10. The molecule has 0 saturated carbocycles. The van der Waals surface area contributed by atoms with Crippen LogP contribution in [0.25, 0.3) is 0 Å². The lowest BCUT2D eigenvalue weighted by Gasteiger charge is -2.20. The highest BCUT2D eigenvalue weighted by Crippen LogP contribution is 2.25. The first-order valence-corrected chi connectivity index (χ1v) is 7.37. The zero-order valence-electron chi connectivity index (χ0n) is 10.6. The van der Waals surface area contributed by atoms with Crippen LogP contribution in [0.2, 0.25) is 5.02 Å². The first-order valence-electron chi connectivity index (χ1n) is 6.20. The molecule has 0 spiro atoms. The van der Waals surface area contributed by atoms with E-state index in [0.29, 0.717) is 10.7 Å². The highest BCUT2D eigenvalue weighted by atomic mass is 79.9. The van der Waals surface area contributed by atoms with Gasteiger partial charge in [0.1, 0.15) is 0 Å². The zero-order chi connectivity index (χ0) is 13.8. The molecule has 0 unspecified atom stereocenters. The third-order valence-electron chi connectivity index (χ3n) is 3.06. The molecule has 4 nitrogen and oxygen atoms in total. The lowest BCUT2D eigenvalue weighted by atomic mass is 10.1. The molecule has 1 aliphatic heterocycles. The van der Waals surface area contributed by atoms with E-state index in [4.69, 9.17) is 16.3 Å². The fourth-order valence-corrected chi connectivity index (χ4v) is 2.77. The zero-order valence-corrected chi connectivity index (χ0v) is 12.9. The van der Waals surface area contributed by atoms with Crippen molar-refractivity contribution in [1.29, 1.82) is 0 Å². The van der Waals surface area contributed by atoms with Gasteiger partial charge in [-0.25, -0.2) is 4.79 Å². The van der Waals surface area contributed by atoms with E-state index in [9.17, 15) is 4.79 Å². The Bertz CT molecular complexity index is 464. The second-order valence-corrected chi connectivity index (χ2v) is 5.89. The Kier molecular flexibility index (Phi) is 5.07. The summed E-state index contributed by atoms with van der Waals surface area (Å²) in [6.07, 6.45) is 2.14. The van der Waals surface area contributed by atoms with E-state index in [0.717, 1.165) is 23.9 Å². The second-order valence-electron chi connectivity index (χ2n) is 4.56. The van der Waals surface area contributed by atoms with Gasteiger partial charge in [-0.15, -0.1) is 0 Å². The monoisotopic (exact) mass is 346 g/mol. The number of urea groups is 1. The van der Waals surface area contributed by atoms with Crippen molar-refractivity contribution >= 4 is 39.2 Å². The Morgan fingerprint density at radius 3 is 3.00 bits per heavy atom. The van der Waals surface area contributed by atoms with Gasteiger partial charge in [-0.05, 0) is 38.0 Å². The lowest BCUT2D eigenvalue weighted by molar-refractivity contribution is 0.0868. The van der Waals surface area contributed by atoms with E-state index in [1.54, 1.807) is 12.1 Å². The Hall–Kier alpha value is -0.780. The molecule has 0 radical (unpaired) electrons. The van der Waals surface area contributed by atoms with Crippen LogP contribution in [0.1, 0.15) is 19.8 Å². The molecule has 1 fully saturated rings. The molecule has 1 aromatic rings. The highest BCUT2D eigenvalue weighted by Gasteiger charge is 2.23. The van der Waals surface area contributed by atoms with E-state index in [-0.39, 0.29) is 18.2 Å². The van der Waals surface area contributed by atoms with Crippen molar-refractivity contribution in [2.75, 3.05) is 11.9 Å². The third-order valence-corrected chi connectivity index (χ3v) is 3.87. The number of amides is 2. The van der Waals surface area contributed by atoms with Crippen LogP contribution >= 0.6 is 27.5 Å². The molecule has 2 N–H and O–H groups in total. The van der Waals surface area contributed by atoms with Gasteiger partial charge in [-0.2, -0.15) is 0 Å². The van der Waals surface area contributed by atoms with Gasteiger partial charge in [-0.3, -0.25) is 0 Å². The summed E-state index contributed by atoms with van der Waals surface area (Å²) in [5.74, 6) is 0. The van der Waals surface area contributed by atoms with Crippen LogP contribution < -0.4 is 10.6 Å². The van der Waals surface area contributed by atoms with Gasteiger partial charge in [0.15, 0.2) is 0 Å². The van der Waals surface area contributed by atoms with Crippen molar-refractivity contribution in [1.82, 2.24) is 5.32 Å². The van der Waals surface area contributed by atoms with Gasteiger partial charge in [-0.1, -0.05) is 27.5 Å². The number of halogens is 2. The van der Waals surface area contributed by atoms with Crippen LogP contribution in [-0.4, -0.2) is 24.8 Å². The van der Waals surface area contributed by atoms with Crippen LogP contribution in [0.15, 0.2) is 22.7 Å². The van der Waals surface area contributed by atoms with Crippen molar-refractivity contribution in [2.24, 2.45) is 0 Å². The van der Waals surface area contributed by atoms with Crippen LogP contribution in [0, 0.1) is 0 Å².